The minimum atomic E-state index is -0.557. The maximum atomic E-state index is 13.1. The van der Waals surface area contributed by atoms with Gasteiger partial charge in [0.25, 0.3) is 5.91 Å². The topological polar surface area (TPSA) is 100 Å². The lowest BCUT2D eigenvalue weighted by Gasteiger charge is -2.20. The standard InChI is InChI=1S/C25H31N5O3/c1-5-6-7-13-30-20-15-19-18(14-16(20)25(2,3)24(30)32)27-21(28-19)11-12-26-23(31)17-9-8-10-22(29-17)33-4/h8-10,14-15H,5-7,11-13H2,1-4H3,(H,26,31)(H,27,28). The summed E-state index contributed by atoms with van der Waals surface area (Å²) in [6.45, 7) is 7.28. The summed E-state index contributed by atoms with van der Waals surface area (Å²) >= 11 is 0. The lowest BCUT2D eigenvalue weighted by atomic mass is 9.86. The highest BCUT2D eigenvalue weighted by atomic mass is 16.5. The molecule has 0 atom stereocenters. The van der Waals surface area contributed by atoms with Gasteiger partial charge in [0.1, 0.15) is 11.5 Å². The van der Waals surface area contributed by atoms with Crippen LogP contribution >= 0.6 is 0 Å². The van der Waals surface area contributed by atoms with Gasteiger partial charge in [-0.3, -0.25) is 9.59 Å². The van der Waals surface area contributed by atoms with Crippen molar-refractivity contribution in [3.63, 3.8) is 0 Å². The largest absolute Gasteiger partial charge is 0.481 e. The summed E-state index contributed by atoms with van der Waals surface area (Å²) in [7, 11) is 1.52. The van der Waals surface area contributed by atoms with Crippen LogP contribution < -0.4 is 15.0 Å². The second kappa shape index (κ2) is 9.21. The van der Waals surface area contributed by atoms with Gasteiger partial charge in [-0.2, -0.15) is 0 Å². The zero-order valence-electron chi connectivity index (χ0n) is 19.7. The SMILES string of the molecule is CCCCCN1C(=O)C(C)(C)c2cc3[nH]c(CCNC(=O)c4cccc(OC)n4)nc3cc21. The normalized spacial score (nSPS) is 14.5. The molecule has 1 aromatic carbocycles. The van der Waals surface area contributed by atoms with Gasteiger partial charge in [-0.05, 0) is 44.0 Å². The van der Waals surface area contributed by atoms with Crippen molar-refractivity contribution >= 4 is 28.5 Å². The fourth-order valence-electron chi connectivity index (χ4n) is 4.28. The van der Waals surface area contributed by atoms with Crippen LogP contribution in [0.4, 0.5) is 5.69 Å². The predicted octanol–water partition coefficient (Wildman–Crippen LogP) is 3.75. The summed E-state index contributed by atoms with van der Waals surface area (Å²) in [4.78, 5) is 39.5. The molecule has 8 nitrogen and oxygen atoms in total. The molecule has 2 amide bonds. The average molecular weight is 450 g/mol. The Balaban J connectivity index is 1.48. The first-order valence-electron chi connectivity index (χ1n) is 11.5. The lowest BCUT2D eigenvalue weighted by Crippen LogP contribution is -2.36. The van der Waals surface area contributed by atoms with Crippen molar-refractivity contribution in [1.29, 1.82) is 0 Å². The van der Waals surface area contributed by atoms with E-state index in [9.17, 15) is 9.59 Å². The van der Waals surface area contributed by atoms with Crippen molar-refractivity contribution in [3.8, 4) is 5.88 Å². The number of rotatable bonds is 9. The van der Waals surface area contributed by atoms with E-state index in [-0.39, 0.29) is 11.8 Å². The van der Waals surface area contributed by atoms with Crippen LogP contribution in [0.15, 0.2) is 30.3 Å². The molecule has 0 aliphatic carbocycles. The van der Waals surface area contributed by atoms with Crippen molar-refractivity contribution in [1.82, 2.24) is 20.3 Å². The summed E-state index contributed by atoms with van der Waals surface area (Å²) in [5.74, 6) is 1.08. The Hall–Kier alpha value is -3.42. The highest BCUT2D eigenvalue weighted by Gasteiger charge is 2.43. The number of methoxy groups -OCH3 is 1. The molecular weight excluding hydrogens is 418 g/mol. The highest BCUT2D eigenvalue weighted by molar-refractivity contribution is 6.09. The Morgan fingerprint density at radius 1 is 1.21 bits per heavy atom. The van der Waals surface area contributed by atoms with Crippen LogP contribution in [0.5, 0.6) is 5.88 Å². The third-order valence-electron chi connectivity index (χ3n) is 6.19. The number of aromatic nitrogens is 3. The number of H-pyrrole nitrogens is 1. The summed E-state index contributed by atoms with van der Waals surface area (Å²) in [6, 6.07) is 9.15. The van der Waals surface area contributed by atoms with E-state index < -0.39 is 5.41 Å². The molecule has 4 rings (SSSR count). The van der Waals surface area contributed by atoms with Gasteiger partial charge in [0.2, 0.25) is 11.8 Å². The molecule has 2 N–H and O–H groups in total. The Kier molecular flexibility index (Phi) is 6.35. The molecule has 0 fully saturated rings. The Morgan fingerprint density at radius 2 is 2.03 bits per heavy atom. The second-order valence-electron chi connectivity index (χ2n) is 8.93. The quantitative estimate of drug-likeness (QED) is 0.485. The number of hydrogen-bond donors (Lipinski definition) is 2. The van der Waals surface area contributed by atoms with Crippen molar-refractivity contribution in [3.05, 3.63) is 47.4 Å². The maximum Gasteiger partial charge on any atom is 0.270 e. The van der Waals surface area contributed by atoms with E-state index in [1.807, 2.05) is 24.8 Å². The smallest absolute Gasteiger partial charge is 0.270 e. The number of anilines is 1. The van der Waals surface area contributed by atoms with Crippen LogP contribution in [0, 0.1) is 0 Å². The van der Waals surface area contributed by atoms with Crippen LogP contribution in [0.2, 0.25) is 0 Å². The van der Waals surface area contributed by atoms with Gasteiger partial charge in [0, 0.05) is 25.6 Å². The number of nitrogens with one attached hydrogen (secondary N) is 2. The summed E-state index contributed by atoms with van der Waals surface area (Å²) in [5, 5.41) is 2.87. The van der Waals surface area contributed by atoms with Gasteiger partial charge in [0.15, 0.2) is 0 Å². The first-order valence-corrected chi connectivity index (χ1v) is 11.5. The van der Waals surface area contributed by atoms with Gasteiger partial charge in [-0.15, -0.1) is 0 Å². The fourth-order valence-corrected chi connectivity index (χ4v) is 4.28. The highest BCUT2D eigenvalue weighted by Crippen LogP contribution is 2.43. The number of aromatic amines is 1. The van der Waals surface area contributed by atoms with E-state index in [1.165, 1.54) is 7.11 Å². The van der Waals surface area contributed by atoms with Crippen LogP contribution in [-0.2, 0) is 16.6 Å². The maximum absolute atomic E-state index is 13.1. The number of nitrogens with zero attached hydrogens (tertiary/aromatic N) is 3. The number of carbonyl (C=O) groups excluding carboxylic acids is 2. The van der Waals surface area contributed by atoms with Crippen LogP contribution in [0.1, 0.15) is 61.9 Å². The Labute approximate surface area is 193 Å². The second-order valence-corrected chi connectivity index (χ2v) is 8.93. The first kappa shape index (κ1) is 22.8. The monoisotopic (exact) mass is 449 g/mol. The number of benzene rings is 1. The Bertz CT molecular complexity index is 1180. The zero-order chi connectivity index (χ0) is 23.6. The van der Waals surface area contributed by atoms with Gasteiger partial charge in [-0.25, -0.2) is 9.97 Å². The minimum Gasteiger partial charge on any atom is -0.481 e. The summed E-state index contributed by atoms with van der Waals surface area (Å²) in [6.07, 6.45) is 3.76. The van der Waals surface area contributed by atoms with Crippen LogP contribution in [-0.4, -0.2) is 47.0 Å². The van der Waals surface area contributed by atoms with E-state index >= 15 is 0 Å². The van der Waals surface area contributed by atoms with E-state index in [0.29, 0.717) is 24.5 Å². The van der Waals surface area contributed by atoms with E-state index in [1.54, 1.807) is 18.2 Å². The van der Waals surface area contributed by atoms with Crippen molar-refractivity contribution < 1.29 is 14.3 Å². The summed E-state index contributed by atoms with van der Waals surface area (Å²) in [5.41, 5.74) is 3.48. The molecule has 0 saturated heterocycles. The molecule has 3 aromatic rings. The zero-order valence-corrected chi connectivity index (χ0v) is 19.7. The van der Waals surface area contributed by atoms with Crippen molar-refractivity contribution in [2.45, 2.75) is 51.9 Å². The van der Waals surface area contributed by atoms with Gasteiger partial charge in [-0.1, -0.05) is 25.8 Å². The molecule has 0 radical (unpaired) electrons. The number of pyridine rings is 1. The molecular formula is C25H31N5O3. The number of unbranched alkanes of at least 4 members (excludes halogenated alkanes) is 2. The molecule has 174 valence electrons. The summed E-state index contributed by atoms with van der Waals surface area (Å²) < 4.78 is 5.07. The van der Waals surface area contributed by atoms with Crippen molar-refractivity contribution in [2.75, 3.05) is 25.1 Å². The molecule has 0 unspecified atom stereocenters. The number of fused-ring (bicyclic) bond motifs is 2. The number of hydrogen-bond acceptors (Lipinski definition) is 5. The van der Waals surface area contributed by atoms with Crippen molar-refractivity contribution in [2.24, 2.45) is 0 Å². The molecule has 1 aliphatic heterocycles. The van der Waals surface area contributed by atoms with Crippen LogP contribution in [0.3, 0.4) is 0 Å². The van der Waals surface area contributed by atoms with Crippen LogP contribution in [0.25, 0.3) is 11.0 Å². The molecule has 2 aromatic heterocycles. The predicted molar refractivity (Wildman–Crippen MR) is 128 cm³/mol. The molecule has 3 heterocycles. The van der Waals surface area contributed by atoms with Gasteiger partial charge >= 0.3 is 0 Å². The number of imidazole rings is 1. The molecule has 0 spiro atoms. The van der Waals surface area contributed by atoms with E-state index in [2.05, 4.69) is 28.3 Å². The third-order valence-corrected chi connectivity index (χ3v) is 6.19. The minimum absolute atomic E-state index is 0.148. The third kappa shape index (κ3) is 4.42. The van der Waals surface area contributed by atoms with E-state index in [4.69, 9.17) is 9.72 Å². The lowest BCUT2D eigenvalue weighted by molar-refractivity contribution is -0.122. The number of amides is 2. The average Bonchev–Trinajstić information content (AvgIpc) is 3.29. The molecule has 0 saturated carbocycles. The number of carbonyl (C=O) groups is 2. The molecule has 33 heavy (non-hydrogen) atoms. The molecule has 0 bridgehead atoms. The number of ether oxygens (including phenoxy) is 1. The Morgan fingerprint density at radius 3 is 2.79 bits per heavy atom. The van der Waals surface area contributed by atoms with E-state index in [0.717, 1.165) is 53.9 Å². The molecule has 1 aliphatic rings. The molecule has 8 heteroatoms. The fraction of sp³-hybridized carbons (Fsp3) is 0.440. The first-order chi connectivity index (χ1) is 15.8. The van der Waals surface area contributed by atoms with Gasteiger partial charge < -0.3 is 19.9 Å². The van der Waals surface area contributed by atoms with Gasteiger partial charge in [0.05, 0.1) is 29.2 Å².